The van der Waals surface area contributed by atoms with Crippen LogP contribution in [0.3, 0.4) is 0 Å². The minimum absolute atomic E-state index is 0. The number of rotatable bonds is 10. The van der Waals surface area contributed by atoms with Crippen LogP contribution in [-0.4, -0.2) is 37.7 Å². The first-order chi connectivity index (χ1) is 12.3. The second-order valence-corrected chi connectivity index (χ2v) is 6.61. The molecule has 0 spiro atoms. The van der Waals surface area contributed by atoms with Crippen molar-refractivity contribution in [2.75, 3.05) is 26.8 Å². The number of hydrogen-bond acceptors (Lipinski definition) is 4. The van der Waals surface area contributed by atoms with E-state index >= 15 is 0 Å². The van der Waals surface area contributed by atoms with Crippen LogP contribution in [0.25, 0.3) is 11.3 Å². The summed E-state index contributed by atoms with van der Waals surface area (Å²) in [6.07, 6.45) is 3.28. The summed E-state index contributed by atoms with van der Waals surface area (Å²) in [4.78, 5) is 8.92. The van der Waals surface area contributed by atoms with Crippen molar-refractivity contribution in [1.29, 1.82) is 0 Å². The number of aromatic nitrogens is 1. The van der Waals surface area contributed by atoms with Gasteiger partial charge in [0.15, 0.2) is 5.96 Å². The fraction of sp³-hybridized carbons (Fsp3) is 0.474. The maximum Gasteiger partial charge on any atom is 0.191 e. The number of aliphatic imine (C=N–C) groups is 1. The molecule has 0 fully saturated rings. The van der Waals surface area contributed by atoms with Crippen molar-refractivity contribution in [3.05, 3.63) is 40.7 Å². The molecule has 144 valence electrons. The van der Waals surface area contributed by atoms with Gasteiger partial charge in [0.1, 0.15) is 5.01 Å². The molecule has 0 saturated heterocycles. The topological polar surface area (TPSA) is 58.5 Å². The van der Waals surface area contributed by atoms with Crippen LogP contribution in [0.2, 0.25) is 0 Å². The van der Waals surface area contributed by atoms with E-state index in [2.05, 4.69) is 45.0 Å². The average molecular weight is 488 g/mol. The normalized spacial score (nSPS) is 11.1. The Bertz CT molecular complexity index is 633. The van der Waals surface area contributed by atoms with Crippen molar-refractivity contribution in [2.24, 2.45) is 4.99 Å². The zero-order valence-electron chi connectivity index (χ0n) is 15.5. The van der Waals surface area contributed by atoms with E-state index in [9.17, 15) is 0 Å². The van der Waals surface area contributed by atoms with E-state index in [4.69, 9.17) is 4.74 Å². The van der Waals surface area contributed by atoms with Gasteiger partial charge in [0.2, 0.25) is 0 Å². The molecule has 2 N–H and O–H groups in total. The van der Waals surface area contributed by atoms with Crippen LogP contribution in [0.15, 0.2) is 40.7 Å². The Morgan fingerprint density at radius 3 is 2.65 bits per heavy atom. The molecule has 1 aromatic heterocycles. The highest BCUT2D eigenvalue weighted by atomic mass is 127. The van der Waals surface area contributed by atoms with E-state index < -0.39 is 0 Å². The molecule has 0 aliphatic rings. The van der Waals surface area contributed by atoms with Gasteiger partial charge < -0.3 is 15.4 Å². The van der Waals surface area contributed by atoms with Gasteiger partial charge in [-0.25, -0.2) is 4.98 Å². The Kier molecular flexibility index (Phi) is 12.3. The van der Waals surface area contributed by atoms with Gasteiger partial charge in [-0.2, -0.15) is 0 Å². The maximum atomic E-state index is 5.55. The minimum Gasteiger partial charge on any atom is -0.381 e. The van der Waals surface area contributed by atoms with Crippen molar-refractivity contribution >= 4 is 41.3 Å². The quantitative estimate of drug-likeness (QED) is 0.227. The molecule has 26 heavy (non-hydrogen) atoms. The summed E-state index contributed by atoms with van der Waals surface area (Å²) in [5.41, 5.74) is 2.17. The van der Waals surface area contributed by atoms with Gasteiger partial charge in [0, 0.05) is 37.7 Å². The smallest absolute Gasteiger partial charge is 0.191 e. The van der Waals surface area contributed by atoms with Crippen LogP contribution in [0.1, 0.15) is 31.2 Å². The lowest BCUT2D eigenvalue weighted by molar-refractivity contribution is 0.129. The predicted molar refractivity (Wildman–Crippen MR) is 122 cm³/mol. The van der Waals surface area contributed by atoms with Gasteiger partial charge in [-0.05, 0) is 12.8 Å². The van der Waals surface area contributed by atoms with E-state index in [0.717, 1.165) is 54.8 Å². The lowest BCUT2D eigenvalue weighted by Gasteiger charge is -2.11. The van der Waals surface area contributed by atoms with Crippen LogP contribution in [0.4, 0.5) is 0 Å². The van der Waals surface area contributed by atoms with Crippen molar-refractivity contribution in [2.45, 2.75) is 32.7 Å². The summed E-state index contributed by atoms with van der Waals surface area (Å²) in [7, 11) is 1.78. The number of benzene rings is 1. The highest BCUT2D eigenvalue weighted by Gasteiger charge is 2.05. The highest BCUT2D eigenvalue weighted by Crippen LogP contribution is 2.21. The first-order valence-corrected chi connectivity index (χ1v) is 9.73. The van der Waals surface area contributed by atoms with Gasteiger partial charge in [-0.15, -0.1) is 35.3 Å². The third-order valence-corrected chi connectivity index (χ3v) is 4.50. The van der Waals surface area contributed by atoms with Crippen molar-refractivity contribution in [3.8, 4) is 11.3 Å². The molecule has 7 heteroatoms. The molecular weight excluding hydrogens is 459 g/mol. The number of hydrogen-bond donors (Lipinski definition) is 2. The van der Waals surface area contributed by atoms with Crippen molar-refractivity contribution in [3.63, 3.8) is 0 Å². The van der Waals surface area contributed by atoms with Gasteiger partial charge in [-0.1, -0.05) is 43.7 Å². The summed E-state index contributed by atoms with van der Waals surface area (Å²) in [5, 5.41) is 9.75. The molecule has 0 aliphatic heterocycles. The molecule has 0 saturated carbocycles. The lowest BCUT2D eigenvalue weighted by Crippen LogP contribution is -2.37. The second kappa shape index (κ2) is 13.9. The Hall–Kier alpha value is -1.19. The molecule has 0 amide bonds. The summed E-state index contributed by atoms with van der Waals surface area (Å²) >= 11 is 1.66. The standard InChI is InChI=1S/C19H28N4OS.HI/c1-3-4-12-24-13-8-11-21-19(20-2)22-14-18-23-17(15-25-18)16-9-6-5-7-10-16;/h5-7,9-10,15H,3-4,8,11-14H2,1-2H3,(H2,20,21,22);1H. The number of guanidine groups is 1. The molecule has 0 unspecified atom stereocenters. The SMILES string of the molecule is CCCCOCCCNC(=NC)NCc1nc(-c2ccccc2)cs1.I. The maximum absolute atomic E-state index is 5.55. The molecule has 1 aromatic carbocycles. The van der Waals surface area contributed by atoms with Crippen LogP contribution in [0, 0.1) is 0 Å². The van der Waals surface area contributed by atoms with E-state index in [0.29, 0.717) is 6.54 Å². The largest absolute Gasteiger partial charge is 0.381 e. The molecule has 1 heterocycles. The number of halogens is 1. The van der Waals surface area contributed by atoms with E-state index in [1.54, 1.807) is 18.4 Å². The van der Waals surface area contributed by atoms with Gasteiger partial charge in [0.05, 0.1) is 12.2 Å². The van der Waals surface area contributed by atoms with Gasteiger partial charge >= 0.3 is 0 Å². The van der Waals surface area contributed by atoms with Gasteiger partial charge in [0.25, 0.3) is 0 Å². The molecule has 5 nitrogen and oxygen atoms in total. The van der Waals surface area contributed by atoms with Crippen LogP contribution in [0.5, 0.6) is 0 Å². The van der Waals surface area contributed by atoms with Crippen LogP contribution < -0.4 is 10.6 Å². The summed E-state index contributed by atoms with van der Waals surface area (Å²) < 4.78 is 5.55. The molecule has 2 aromatic rings. The average Bonchev–Trinajstić information content (AvgIpc) is 3.13. The Morgan fingerprint density at radius 2 is 1.92 bits per heavy atom. The monoisotopic (exact) mass is 488 g/mol. The third-order valence-electron chi connectivity index (χ3n) is 3.65. The molecule has 0 bridgehead atoms. The van der Waals surface area contributed by atoms with E-state index in [1.165, 1.54) is 6.42 Å². The van der Waals surface area contributed by atoms with Crippen molar-refractivity contribution in [1.82, 2.24) is 15.6 Å². The van der Waals surface area contributed by atoms with E-state index in [-0.39, 0.29) is 24.0 Å². The lowest BCUT2D eigenvalue weighted by atomic mass is 10.2. The third kappa shape index (κ3) is 8.46. The van der Waals surface area contributed by atoms with Crippen molar-refractivity contribution < 1.29 is 4.74 Å². The van der Waals surface area contributed by atoms with Gasteiger partial charge in [-0.3, -0.25) is 4.99 Å². The molecule has 0 atom stereocenters. The zero-order chi connectivity index (χ0) is 17.7. The number of ether oxygens (including phenoxy) is 1. The summed E-state index contributed by atoms with van der Waals surface area (Å²) in [5.74, 6) is 0.796. The predicted octanol–water partition coefficient (Wildman–Crippen LogP) is 4.30. The number of nitrogens with one attached hydrogen (secondary N) is 2. The Morgan fingerprint density at radius 1 is 1.15 bits per heavy atom. The second-order valence-electron chi connectivity index (χ2n) is 5.66. The van der Waals surface area contributed by atoms with Crippen LogP contribution in [-0.2, 0) is 11.3 Å². The molecule has 2 rings (SSSR count). The Labute approximate surface area is 177 Å². The number of thiazole rings is 1. The van der Waals surface area contributed by atoms with E-state index in [1.807, 2.05) is 18.2 Å². The zero-order valence-corrected chi connectivity index (χ0v) is 18.7. The molecular formula is C19H29IN4OS. The first-order valence-electron chi connectivity index (χ1n) is 8.85. The highest BCUT2D eigenvalue weighted by molar-refractivity contribution is 14.0. The fourth-order valence-corrected chi connectivity index (χ4v) is 2.99. The fourth-order valence-electron chi connectivity index (χ4n) is 2.24. The molecule has 0 aliphatic carbocycles. The molecule has 0 radical (unpaired) electrons. The van der Waals surface area contributed by atoms with Crippen LogP contribution >= 0.6 is 35.3 Å². The summed E-state index contributed by atoms with van der Waals surface area (Å²) in [6, 6.07) is 10.2. The minimum atomic E-state index is 0. The number of nitrogens with zero attached hydrogens (tertiary/aromatic N) is 2. The first kappa shape index (κ1) is 22.9. The Balaban J connectivity index is 0.00000338. The number of unbranched alkanes of at least 4 members (excludes halogenated alkanes) is 1. The summed E-state index contributed by atoms with van der Waals surface area (Å²) in [6.45, 7) is 5.34.